The molecular weight excluding hydrogens is 222 g/mol. The van der Waals surface area contributed by atoms with Crippen LogP contribution in [0.15, 0.2) is 30.3 Å². The number of aliphatic hydroxyl groups is 1. The van der Waals surface area contributed by atoms with Crippen LogP contribution in [0.4, 0.5) is 0 Å². The zero-order valence-electron chi connectivity index (χ0n) is 11.6. The maximum absolute atomic E-state index is 10.8. The van der Waals surface area contributed by atoms with Crippen molar-refractivity contribution in [2.75, 3.05) is 14.1 Å². The minimum Gasteiger partial charge on any atom is -0.386 e. The van der Waals surface area contributed by atoms with E-state index in [0.29, 0.717) is 0 Å². The van der Waals surface area contributed by atoms with Crippen LogP contribution in [-0.2, 0) is 0 Å². The van der Waals surface area contributed by atoms with Gasteiger partial charge in [0.05, 0.1) is 11.6 Å². The number of aliphatic hydroxyl groups excluding tert-OH is 1. The number of rotatable bonds is 3. The smallest absolute Gasteiger partial charge is 0.0973 e. The molecule has 0 heterocycles. The molecule has 1 aliphatic rings. The molecule has 1 atom stereocenters. The maximum atomic E-state index is 10.8. The van der Waals surface area contributed by atoms with E-state index in [2.05, 4.69) is 19.0 Å². The fourth-order valence-corrected chi connectivity index (χ4v) is 3.25. The second-order valence-corrected chi connectivity index (χ2v) is 5.73. The van der Waals surface area contributed by atoms with Crippen LogP contribution in [0, 0.1) is 0 Å². The summed E-state index contributed by atoms with van der Waals surface area (Å²) in [6, 6.07) is 10.1. The minimum absolute atomic E-state index is 0.0855. The summed E-state index contributed by atoms with van der Waals surface area (Å²) in [5.41, 5.74) is 0.964. The third-order valence-corrected chi connectivity index (χ3v) is 4.48. The molecule has 1 unspecified atom stereocenters. The highest BCUT2D eigenvalue weighted by Crippen LogP contribution is 2.40. The van der Waals surface area contributed by atoms with Crippen LogP contribution in [0.25, 0.3) is 0 Å². The van der Waals surface area contributed by atoms with Gasteiger partial charge in [-0.15, -0.1) is 0 Å². The molecule has 0 aliphatic heterocycles. The van der Waals surface area contributed by atoms with Gasteiger partial charge in [0, 0.05) is 0 Å². The Morgan fingerprint density at radius 2 is 1.56 bits per heavy atom. The first-order valence-corrected chi connectivity index (χ1v) is 7.07. The number of nitrogens with zero attached hydrogens (tertiary/aromatic N) is 1. The third-order valence-electron chi connectivity index (χ3n) is 4.48. The lowest BCUT2D eigenvalue weighted by atomic mass is 9.80. The molecule has 0 radical (unpaired) electrons. The summed E-state index contributed by atoms with van der Waals surface area (Å²) in [6.07, 6.45) is 6.86. The Morgan fingerprint density at radius 3 is 2.06 bits per heavy atom. The largest absolute Gasteiger partial charge is 0.386 e. The number of benzene rings is 1. The van der Waals surface area contributed by atoms with Gasteiger partial charge in [0.25, 0.3) is 0 Å². The quantitative estimate of drug-likeness (QED) is 0.828. The van der Waals surface area contributed by atoms with Gasteiger partial charge in [-0.25, -0.2) is 0 Å². The summed E-state index contributed by atoms with van der Waals surface area (Å²) in [5.74, 6) is 0. The Morgan fingerprint density at radius 1 is 1.00 bits per heavy atom. The molecule has 100 valence electrons. The molecule has 0 spiro atoms. The zero-order chi connectivity index (χ0) is 13.0. The summed E-state index contributed by atoms with van der Waals surface area (Å²) in [6.45, 7) is 0. The van der Waals surface area contributed by atoms with Gasteiger partial charge in [-0.1, -0.05) is 56.0 Å². The van der Waals surface area contributed by atoms with E-state index in [1.165, 1.54) is 25.7 Å². The minimum atomic E-state index is -0.383. The molecule has 0 bridgehead atoms. The number of likely N-dealkylation sites (N-methyl/N-ethyl adjacent to an activating group) is 1. The van der Waals surface area contributed by atoms with E-state index in [-0.39, 0.29) is 11.6 Å². The molecule has 0 amide bonds. The second-order valence-electron chi connectivity index (χ2n) is 5.73. The molecule has 2 heteroatoms. The van der Waals surface area contributed by atoms with Crippen LogP contribution in [-0.4, -0.2) is 29.6 Å². The van der Waals surface area contributed by atoms with Gasteiger partial charge >= 0.3 is 0 Å². The first kappa shape index (κ1) is 13.6. The Bertz CT molecular complexity index is 353. The summed E-state index contributed by atoms with van der Waals surface area (Å²) in [4.78, 5) is 2.25. The molecule has 1 fully saturated rings. The molecule has 0 saturated heterocycles. The van der Waals surface area contributed by atoms with Crippen molar-refractivity contribution in [3.05, 3.63) is 35.9 Å². The van der Waals surface area contributed by atoms with E-state index >= 15 is 0 Å². The van der Waals surface area contributed by atoms with E-state index in [1.807, 2.05) is 30.3 Å². The highest BCUT2D eigenvalue weighted by Gasteiger charge is 2.40. The Kier molecular flexibility index (Phi) is 4.41. The van der Waals surface area contributed by atoms with E-state index in [9.17, 15) is 5.11 Å². The van der Waals surface area contributed by atoms with Crippen molar-refractivity contribution in [2.45, 2.75) is 50.2 Å². The van der Waals surface area contributed by atoms with Crippen LogP contribution in [0.2, 0.25) is 0 Å². The highest BCUT2D eigenvalue weighted by atomic mass is 16.3. The van der Waals surface area contributed by atoms with Crippen molar-refractivity contribution >= 4 is 0 Å². The van der Waals surface area contributed by atoms with Gasteiger partial charge in [-0.3, -0.25) is 0 Å². The average Bonchev–Trinajstić information content (AvgIpc) is 2.65. The van der Waals surface area contributed by atoms with Crippen molar-refractivity contribution in [1.29, 1.82) is 0 Å². The Hall–Kier alpha value is -0.860. The normalized spacial score (nSPS) is 21.6. The number of hydrogen-bond acceptors (Lipinski definition) is 2. The summed E-state index contributed by atoms with van der Waals surface area (Å²) in [7, 11) is 4.22. The fraction of sp³-hybridized carbons (Fsp3) is 0.625. The highest BCUT2D eigenvalue weighted by molar-refractivity contribution is 5.21. The molecule has 18 heavy (non-hydrogen) atoms. The SMILES string of the molecule is CN(C)C1(C(O)c2ccccc2)CCCCCC1. The maximum Gasteiger partial charge on any atom is 0.0973 e. The summed E-state index contributed by atoms with van der Waals surface area (Å²) >= 11 is 0. The van der Waals surface area contributed by atoms with Gasteiger partial charge in [0.1, 0.15) is 0 Å². The van der Waals surface area contributed by atoms with Gasteiger partial charge < -0.3 is 10.0 Å². The van der Waals surface area contributed by atoms with Crippen molar-refractivity contribution in [1.82, 2.24) is 4.90 Å². The van der Waals surface area contributed by atoms with E-state index in [1.54, 1.807) is 0 Å². The van der Waals surface area contributed by atoms with E-state index in [4.69, 9.17) is 0 Å². The van der Waals surface area contributed by atoms with Crippen molar-refractivity contribution in [3.8, 4) is 0 Å². The molecule has 2 rings (SSSR count). The van der Waals surface area contributed by atoms with Gasteiger partial charge in [-0.05, 0) is 32.5 Å². The van der Waals surface area contributed by atoms with E-state index in [0.717, 1.165) is 18.4 Å². The monoisotopic (exact) mass is 247 g/mol. The molecular formula is C16H25NO. The van der Waals surface area contributed by atoms with Crippen molar-refractivity contribution in [2.24, 2.45) is 0 Å². The molecule has 1 aromatic carbocycles. The first-order chi connectivity index (χ1) is 8.67. The van der Waals surface area contributed by atoms with Crippen LogP contribution in [0.3, 0.4) is 0 Å². The predicted molar refractivity (Wildman–Crippen MR) is 75.5 cm³/mol. The molecule has 1 saturated carbocycles. The van der Waals surface area contributed by atoms with Crippen molar-refractivity contribution < 1.29 is 5.11 Å². The summed E-state index contributed by atoms with van der Waals surface area (Å²) in [5, 5.41) is 10.8. The Balaban J connectivity index is 2.29. The average molecular weight is 247 g/mol. The van der Waals surface area contributed by atoms with Crippen LogP contribution >= 0.6 is 0 Å². The Labute approximate surface area is 111 Å². The van der Waals surface area contributed by atoms with Crippen LogP contribution < -0.4 is 0 Å². The zero-order valence-corrected chi connectivity index (χ0v) is 11.6. The third kappa shape index (κ3) is 2.60. The second kappa shape index (κ2) is 5.85. The number of hydrogen-bond donors (Lipinski definition) is 1. The van der Waals surface area contributed by atoms with E-state index < -0.39 is 0 Å². The molecule has 1 aromatic rings. The van der Waals surface area contributed by atoms with Gasteiger partial charge in [0.2, 0.25) is 0 Å². The topological polar surface area (TPSA) is 23.5 Å². The lowest BCUT2D eigenvalue weighted by molar-refractivity contribution is -0.0198. The lowest BCUT2D eigenvalue weighted by Gasteiger charge is -2.43. The van der Waals surface area contributed by atoms with Gasteiger partial charge in [0.15, 0.2) is 0 Å². The lowest BCUT2D eigenvalue weighted by Crippen LogP contribution is -2.49. The van der Waals surface area contributed by atoms with Crippen LogP contribution in [0.5, 0.6) is 0 Å². The standard InChI is InChI=1S/C16H25NO/c1-17(2)16(12-8-3-4-9-13-16)15(18)14-10-6-5-7-11-14/h5-7,10-11,15,18H,3-4,8-9,12-13H2,1-2H3. The molecule has 1 aliphatic carbocycles. The molecule has 0 aromatic heterocycles. The van der Waals surface area contributed by atoms with Crippen molar-refractivity contribution in [3.63, 3.8) is 0 Å². The first-order valence-electron chi connectivity index (χ1n) is 7.07. The molecule has 2 nitrogen and oxygen atoms in total. The summed E-state index contributed by atoms with van der Waals surface area (Å²) < 4.78 is 0. The molecule has 1 N–H and O–H groups in total. The predicted octanol–water partition coefficient (Wildman–Crippen LogP) is 3.37. The van der Waals surface area contributed by atoms with Gasteiger partial charge in [-0.2, -0.15) is 0 Å². The van der Waals surface area contributed by atoms with Crippen LogP contribution in [0.1, 0.15) is 50.2 Å². The fourth-order valence-electron chi connectivity index (χ4n) is 3.25.